The Labute approximate surface area is 118 Å². The van der Waals surface area contributed by atoms with Gasteiger partial charge in [-0.3, -0.25) is 0 Å². The van der Waals surface area contributed by atoms with Gasteiger partial charge in [0.2, 0.25) is 0 Å². The molecule has 0 radical (unpaired) electrons. The third-order valence-corrected chi connectivity index (χ3v) is 4.37. The van der Waals surface area contributed by atoms with Crippen LogP contribution in [-0.2, 0) is 6.42 Å². The maximum atomic E-state index is 5.36. The van der Waals surface area contributed by atoms with E-state index in [1.165, 1.54) is 35.0 Å². The molecule has 1 N–H and O–H groups in total. The molecule has 1 aromatic carbocycles. The lowest BCUT2D eigenvalue weighted by Crippen LogP contribution is -2.15. The largest absolute Gasteiger partial charge is 0.497 e. The number of aromatic amines is 1. The Morgan fingerprint density at radius 2 is 2.10 bits per heavy atom. The number of aromatic nitrogens is 2. The van der Waals surface area contributed by atoms with Crippen molar-refractivity contribution in [3.8, 4) is 5.75 Å². The first kappa shape index (κ1) is 11.6. The van der Waals surface area contributed by atoms with Crippen LogP contribution in [0.3, 0.4) is 0 Å². The van der Waals surface area contributed by atoms with E-state index >= 15 is 0 Å². The topological polar surface area (TPSA) is 29.9 Å². The molecule has 1 unspecified atom stereocenters. The van der Waals surface area contributed by atoms with Crippen LogP contribution in [0.5, 0.6) is 5.75 Å². The number of H-pyrrole nitrogens is 1. The highest BCUT2D eigenvalue weighted by Crippen LogP contribution is 2.37. The van der Waals surface area contributed by atoms with Crippen molar-refractivity contribution < 1.29 is 4.74 Å². The predicted octanol–water partition coefficient (Wildman–Crippen LogP) is 3.90. The summed E-state index contributed by atoms with van der Waals surface area (Å²) in [7, 11) is 1.73. The standard InChI is InChI=1S/C17H18N2O/c1-20-12-7-8-15-14(11-12)13-5-4-6-16(17(13)18-15)19-9-2-3-10-19/h2-3,7-11,16,18H,4-6H2,1H3. The molecule has 2 aromatic heterocycles. The van der Waals surface area contributed by atoms with Gasteiger partial charge in [0.1, 0.15) is 5.75 Å². The third-order valence-electron chi connectivity index (χ3n) is 4.37. The summed E-state index contributed by atoms with van der Waals surface area (Å²) in [6, 6.07) is 10.9. The number of hydrogen-bond acceptors (Lipinski definition) is 1. The highest BCUT2D eigenvalue weighted by atomic mass is 16.5. The lowest BCUT2D eigenvalue weighted by atomic mass is 9.91. The summed E-state index contributed by atoms with van der Waals surface area (Å²) < 4.78 is 7.67. The molecule has 0 saturated heterocycles. The minimum absolute atomic E-state index is 0.437. The van der Waals surface area contributed by atoms with Gasteiger partial charge in [0.05, 0.1) is 13.2 Å². The zero-order valence-electron chi connectivity index (χ0n) is 11.6. The molecule has 0 aliphatic heterocycles. The molecule has 0 saturated carbocycles. The molecule has 0 fully saturated rings. The molecule has 20 heavy (non-hydrogen) atoms. The van der Waals surface area contributed by atoms with Crippen LogP contribution >= 0.6 is 0 Å². The number of ether oxygens (including phenoxy) is 1. The molecule has 2 heterocycles. The molecule has 0 spiro atoms. The fourth-order valence-electron chi connectivity index (χ4n) is 3.40. The number of rotatable bonds is 2. The summed E-state index contributed by atoms with van der Waals surface area (Å²) in [5.41, 5.74) is 4.05. The molecule has 3 aromatic rings. The van der Waals surface area contributed by atoms with Crippen molar-refractivity contribution in [3.63, 3.8) is 0 Å². The van der Waals surface area contributed by atoms with Crippen molar-refractivity contribution in [2.24, 2.45) is 0 Å². The van der Waals surface area contributed by atoms with Crippen molar-refractivity contribution in [2.45, 2.75) is 25.3 Å². The molecular weight excluding hydrogens is 248 g/mol. The highest BCUT2D eigenvalue weighted by molar-refractivity contribution is 5.86. The first-order chi connectivity index (χ1) is 9.86. The summed E-state index contributed by atoms with van der Waals surface area (Å²) in [5.74, 6) is 0.933. The van der Waals surface area contributed by atoms with Gasteiger partial charge in [0.15, 0.2) is 0 Å². The van der Waals surface area contributed by atoms with Gasteiger partial charge < -0.3 is 14.3 Å². The van der Waals surface area contributed by atoms with E-state index < -0.39 is 0 Å². The monoisotopic (exact) mass is 266 g/mol. The molecule has 4 rings (SSSR count). The van der Waals surface area contributed by atoms with E-state index in [9.17, 15) is 0 Å². The van der Waals surface area contributed by atoms with Crippen LogP contribution in [0.25, 0.3) is 10.9 Å². The molecule has 102 valence electrons. The number of aryl methyl sites for hydroxylation is 1. The SMILES string of the molecule is COc1ccc2[nH]c3c(c2c1)CCCC3n1cccc1. The van der Waals surface area contributed by atoms with Gasteiger partial charge in [-0.2, -0.15) is 0 Å². The second-order valence-corrected chi connectivity index (χ2v) is 5.47. The summed E-state index contributed by atoms with van der Waals surface area (Å²) >= 11 is 0. The smallest absolute Gasteiger partial charge is 0.119 e. The maximum Gasteiger partial charge on any atom is 0.119 e. The number of benzene rings is 1. The van der Waals surface area contributed by atoms with E-state index in [1.54, 1.807) is 7.11 Å². The molecule has 0 amide bonds. The fraction of sp³-hybridized carbons (Fsp3) is 0.294. The van der Waals surface area contributed by atoms with Crippen molar-refractivity contribution in [1.82, 2.24) is 9.55 Å². The second kappa shape index (κ2) is 4.44. The Morgan fingerprint density at radius 3 is 2.90 bits per heavy atom. The van der Waals surface area contributed by atoms with Gasteiger partial charge in [-0.05, 0) is 55.2 Å². The van der Waals surface area contributed by atoms with Crippen molar-refractivity contribution >= 4 is 10.9 Å². The van der Waals surface area contributed by atoms with Crippen LogP contribution in [0.2, 0.25) is 0 Å². The fourth-order valence-corrected chi connectivity index (χ4v) is 3.40. The van der Waals surface area contributed by atoms with Crippen LogP contribution in [-0.4, -0.2) is 16.7 Å². The summed E-state index contributed by atoms with van der Waals surface area (Å²) in [5, 5.41) is 1.32. The summed E-state index contributed by atoms with van der Waals surface area (Å²) in [6.45, 7) is 0. The number of hydrogen-bond donors (Lipinski definition) is 1. The Hall–Kier alpha value is -2.16. The van der Waals surface area contributed by atoms with Crippen LogP contribution < -0.4 is 4.74 Å². The van der Waals surface area contributed by atoms with Crippen LogP contribution in [0.1, 0.15) is 30.1 Å². The minimum Gasteiger partial charge on any atom is -0.497 e. The van der Waals surface area contributed by atoms with E-state index in [1.807, 2.05) is 6.07 Å². The first-order valence-corrected chi connectivity index (χ1v) is 7.18. The van der Waals surface area contributed by atoms with E-state index in [0.717, 1.165) is 12.2 Å². The zero-order valence-corrected chi connectivity index (χ0v) is 11.6. The van der Waals surface area contributed by atoms with E-state index in [-0.39, 0.29) is 0 Å². The van der Waals surface area contributed by atoms with Crippen LogP contribution in [0.15, 0.2) is 42.7 Å². The number of nitrogens with one attached hydrogen (secondary N) is 1. The third kappa shape index (κ3) is 1.66. The number of nitrogens with zero attached hydrogens (tertiary/aromatic N) is 1. The van der Waals surface area contributed by atoms with Crippen molar-refractivity contribution in [3.05, 3.63) is 54.0 Å². The summed E-state index contributed by atoms with van der Waals surface area (Å²) in [6.07, 6.45) is 7.91. The lowest BCUT2D eigenvalue weighted by molar-refractivity contribution is 0.415. The van der Waals surface area contributed by atoms with Gasteiger partial charge in [0.25, 0.3) is 0 Å². The Morgan fingerprint density at radius 1 is 1.25 bits per heavy atom. The van der Waals surface area contributed by atoms with Gasteiger partial charge >= 0.3 is 0 Å². The van der Waals surface area contributed by atoms with Crippen LogP contribution in [0, 0.1) is 0 Å². The molecule has 1 aliphatic rings. The molecule has 3 heteroatoms. The van der Waals surface area contributed by atoms with Gasteiger partial charge in [-0.25, -0.2) is 0 Å². The van der Waals surface area contributed by atoms with Crippen LogP contribution in [0.4, 0.5) is 0 Å². The molecule has 3 nitrogen and oxygen atoms in total. The Kier molecular flexibility index (Phi) is 2.59. The average Bonchev–Trinajstić information content (AvgIpc) is 3.13. The van der Waals surface area contributed by atoms with Gasteiger partial charge in [-0.1, -0.05) is 0 Å². The van der Waals surface area contributed by atoms with E-state index in [2.05, 4.69) is 46.2 Å². The Bertz CT molecular complexity index is 740. The van der Waals surface area contributed by atoms with Gasteiger partial charge in [0, 0.05) is 29.0 Å². The van der Waals surface area contributed by atoms with E-state index in [4.69, 9.17) is 4.74 Å². The van der Waals surface area contributed by atoms with Crippen molar-refractivity contribution in [1.29, 1.82) is 0 Å². The first-order valence-electron chi connectivity index (χ1n) is 7.18. The zero-order chi connectivity index (χ0) is 13.5. The average molecular weight is 266 g/mol. The molecule has 1 atom stereocenters. The second-order valence-electron chi connectivity index (χ2n) is 5.47. The molecule has 1 aliphatic carbocycles. The lowest BCUT2D eigenvalue weighted by Gasteiger charge is -2.24. The van der Waals surface area contributed by atoms with Gasteiger partial charge in [-0.15, -0.1) is 0 Å². The number of methoxy groups -OCH3 is 1. The Balaban J connectivity index is 1.90. The number of fused-ring (bicyclic) bond motifs is 3. The highest BCUT2D eigenvalue weighted by Gasteiger charge is 2.25. The van der Waals surface area contributed by atoms with E-state index in [0.29, 0.717) is 6.04 Å². The van der Waals surface area contributed by atoms with Crippen molar-refractivity contribution in [2.75, 3.05) is 7.11 Å². The summed E-state index contributed by atoms with van der Waals surface area (Å²) in [4.78, 5) is 3.63. The molecule has 0 bridgehead atoms. The quantitative estimate of drug-likeness (QED) is 0.749. The normalized spacial score (nSPS) is 18.1. The minimum atomic E-state index is 0.437. The predicted molar refractivity (Wildman–Crippen MR) is 80.4 cm³/mol. The molecular formula is C17H18N2O. The maximum absolute atomic E-state index is 5.36.